The number of amides is 2. The summed E-state index contributed by atoms with van der Waals surface area (Å²) in [4.78, 5) is 33.2. The van der Waals surface area contributed by atoms with Crippen molar-refractivity contribution < 1.29 is 19.8 Å². The lowest BCUT2D eigenvalue weighted by atomic mass is 9.92. The summed E-state index contributed by atoms with van der Waals surface area (Å²) in [5, 5.41) is 24.7. The van der Waals surface area contributed by atoms with E-state index in [4.69, 9.17) is 0 Å². The van der Waals surface area contributed by atoms with Crippen LogP contribution in [0.1, 0.15) is 64.4 Å². The number of fused-ring (bicyclic) bond motifs is 4. The largest absolute Gasteiger partial charge is 0.393 e. The van der Waals surface area contributed by atoms with Crippen LogP contribution in [0.4, 0.5) is 5.69 Å². The number of nitrogens with zero attached hydrogens (tertiary/aromatic N) is 3. The van der Waals surface area contributed by atoms with Crippen molar-refractivity contribution in [1.29, 1.82) is 0 Å². The molecule has 2 saturated heterocycles. The Kier molecular flexibility index (Phi) is 8.19. The molecule has 0 spiro atoms. The van der Waals surface area contributed by atoms with E-state index in [0.29, 0.717) is 43.6 Å². The summed E-state index contributed by atoms with van der Waals surface area (Å²) >= 11 is 0. The first-order valence-electron chi connectivity index (χ1n) is 14.1. The molecular formula is C30H39ClN4O4. The molecule has 4 heterocycles. The van der Waals surface area contributed by atoms with Gasteiger partial charge in [0.1, 0.15) is 0 Å². The Balaban J connectivity index is 0.00000308. The van der Waals surface area contributed by atoms with Crippen molar-refractivity contribution in [1.82, 2.24) is 15.1 Å². The van der Waals surface area contributed by atoms with Crippen LogP contribution >= 0.6 is 12.4 Å². The topological polar surface area (TPSA) is 96.3 Å². The van der Waals surface area contributed by atoms with Crippen molar-refractivity contribution in [3.63, 3.8) is 0 Å². The molecule has 39 heavy (non-hydrogen) atoms. The Bertz CT molecular complexity index is 1210. The molecule has 3 N–H and O–H groups in total. The van der Waals surface area contributed by atoms with Gasteiger partial charge in [-0.05, 0) is 68.4 Å². The van der Waals surface area contributed by atoms with Gasteiger partial charge in [0.15, 0.2) is 0 Å². The van der Waals surface area contributed by atoms with Crippen molar-refractivity contribution in [3.8, 4) is 0 Å². The summed E-state index contributed by atoms with van der Waals surface area (Å²) in [6.45, 7) is 4.91. The number of hydrogen-bond acceptors (Lipinski definition) is 6. The van der Waals surface area contributed by atoms with Crippen molar-refractivity contribution in [3.05, 3.63) is 64.7 Å². The number of halogens is 1. The molecule has 4 aliphatic heterocycles. The zero-order chi connectivity index (χ0) is 26.4. The number of aliphatic hydroxyl groups excluding tert-OH is 2. The molecule has 2 bridgehead atoms. The van der Waals surface area contributed by atoms with Crippen molar-refractivity contribution in [2.45, 2.75) is 75.9 Å². The summed E-state index contributed by atoms with van der Waals surface area (Å²) in [6, 6.07) is 13.8. The summed E-state index contributed by atoms with van der Waals surface area (Å²) in [5.41, 5.74) is 4.46. The van der Waals surface area contributed by atoms with E-state index in [1.54, 1.807) is 17.0 Å². The van der Waals surface area contributed by atoms with Crippen LogP contribution < -0.4 is 10.2 Å². The van der Waals surface area contributed by atoms with Crippen LogP contribution in [-0.4, -0.2) is 88.3 Å². The molecule has 2 aromatic carbocycles. The smallest absolute Gasteiger partial charge is 0.256 e. The number of hydrogen-bond donors (Lipinski definition) is 3. The van der Waals surface area contributed by atoms with Crippen LogP contribution in [0.15, 0.2) is 42.5 Å². The van der Waals surface area contributed by atoms with Gasteiger partial charge in [-0.3, -0.25) is 9.59 Å². The Labute approximate surface area is 236 Å². The average molecular weight is 555 g/mol. The van der Waals surface area contributed by atoms with E-state index in [1.807, 2.05) is 23.1 Å². The number of aliphatic hydroxyl groups is 2. The molecule has 2 aromatic rings. The van der Waals surface area contributed by atoms with Crippen LogP contribution in [-0.2, 0) is 13.0 Å². The molecule has 3 unspecified atom stereocenters. The predicted octanol–water partition coefficient (Wildman–Crippen LogP) is 2.59. The van der Waals surface area contributed by atoms with Gasteiger partial charge in [0.05, 0.1) is 23.5 Å². The minimum absolute atomic E-state index is 0. The first kappa shape index (κ1) is 27.9. The Hall–Kier alpha value is -2.65. The molecule has 8 nitrogen and oxygen atoms in total. The number of benzene rings is 2. The highest BCUT2D eigenvalue weighted by molar-refractivity contribution is 6.03. The highest BCUT2D eigenvalue weighted by Crippen LogP contribution is 2.37. The number of carbonyl (C=O) groups is 2. The van der Waals surface area contributed by atoms with Gasteiger partial charge in [-0.25, -0.2) is 0 Å². The number of anilines is 1. The average Bonchev–Trinajstić information content (AvgIpc) is 3.13. The minimum atomic E-state index is -0.685. The minimum Gasteiger partial charge on any atom is -0.393 e. The van der Waals surface area contributed by atoms with Gasteiger partial charge in [-0.15, -0.1) is 12.4 Å². The molecule has 0 radical (unpaired) electrons. The van der Waals surface area contributed by atoms with Gasteiger partial charge in [0.2, 0.25) is 0 Å². The first-order valence-corrected chi connectivity index (χ1v) is 14.1. The molecule has 4 atom stereocenters. The Morgan fingerprint density at radius 1 is 1.05 bits per heavy atom. The third kappa shape index (κ3) is 5.27. The normalized spacial score (nSPS) is 26.8. The van der Waals surface area contributed by atoms with Crippen LogP contribution in [0.2, 0.25) is 0 Å². The number of rotatable bonds is 5. The zero-order valence-electron chi connectivity index (χ0n) is 22.5. The summed E-state index contributed by atoms with van der Waals surface area (Å²) in [6.07, 6.45) is 2.90. The second kappa shape index (κ2) is 11.5. The maximum absolute atomic E-state index is 13.7. The van der Waals surface area contributed by atoms with E-state index < -0.39 is 6.10 Å². The van der Waals surface area contributed by atoms with E-state index in [2.05, 4.69) is 29.3 Å². The zero-order valence-corrected chi connectivity index (χ0v) is 23.3. The molecule has 0 aliphatic carbocycles. The third-order valence-electron chi connectivity index (χ3n) is 9.05. The Morgan fingerprint density at radius 3 is 2.46 bits per heavy atom. The SMILES string of the molecule is CCN1CCN(CC(O)[C@@H]2Cc3ccccc3CN2)C(=O)c2ccc(C(=O)N3C4CCC3CC(O)C4)cc21.Cl. The molecule has 0 saturated carbocycles. The highest BCUT2D eigenvalue weighted by Gasteiger charge is 2.43. The number of piperidine rings is 1. The lowest BCUT2D eigenvalue weighted by Crippen LogP contribution is -2.50. The molecule has 4 aliphatic rings. The summed E-state index contributed by atoms with van der Waals surface area (Å²) in [7, 11) is 0. The van der Waals surface area contributed by atoms with E-state index in [-0.39, 0.29) is 55.0 Å². The van der Waals surface area contributed by atoms with Crippen LogP contribution in [0, 0.1) is 0 Å². The number of nitrogens with one attached hydrogen (secondary N) is 1. The second-order valence-corrected chi connectivity index (χ2v) is 11.3. The maximum atomic E-state index is 13.7. The van der Waals surface area contributed by atoms with Gasteiger partial charge in [0, 0.05) is 56.4 Å². The fraction of sp³-hybridized carbons (Fsp3) is 0.533. The van der Waals surface area contributed by atoms with Gasteiger partial charge >= 0.3 is 0 Å². The molecule has 9 heteroatoms. The molecule has 2 fully saturated rings. The molecule has 210 valence electrons. The molecule has 0 aromatic heterocycles. The number of β-amino-alcohol motifs (C(OH)–C–C–N with tert-alkyl or cyclic N) is 1. The van der Waals surface area contributed by atoms with Gasteiger partial charge < -0.3 is 30.2 Å². The fourth-order valence-electron chi connectivity index (χ4n) is 6.98. The molecule has 2 amide bonds. The summed E-state index contributed by atoms with van der Waals surface area (Å²) in [5.74, 6) is -0.109. The lowest BCUT2D eigenvalue weighted by Gasteiger charge is -2.37. The van der Waals surface area contributed by atoms with E-state index in [9.17, 15) is 19.8 Å². The van der Waals surface area contributed by atoms with Crippen molar-refractivity contribution in [2.24, 2.45) is 0 Å². The quantitative estimate of drug-likeness (QED) is 0.526. The van der Waals surface area contributed by atoms with Gasteiger partial charge in [0.25, 0.3) is 11.8 Å². The maximum Gasteiger partial charge on any atom is 0.256 e. The molecule has 6 rings (SSSR count). The standard InChI is InChI=1S/C30H38N4O4.ClH/c1-2-32-11-12-33(18-28(36)26-13-19-5-3-4-6-21(19)17-31-26)30(38)25-10-7-20(14-27(25)32)29(37)34-22-8-9-23(34)16-24(35)15-22;/h3-7,10,14,22-24,26,28,31,35-36H,2,8-9,11-13,15-18H2,1H3;1H/t22?,23?,24?,26-,28?;/m0./s1. The number of carbonyl (C=O) groups excluding carboxylic acids is 2. The van der Waals surface area contributed by atoms with Gasteiger partial charge in [-0.2, -0.15) is 0 Å². The third-order valence-corrected chi connectivity index (χ3v) is 9.05. The molecular weight excluding hydrogens is 516 g/mol. The van der Waals surface area contributed by atoms with E-state index in [0.717, 1.165) is 31.5 Å². The lowest BCUT2D eigenvalue weighted by molar-refractivity contribution is 0.0286. The van der Waals surface area contributed by atoms with Gasteiger partial charge in [-0.1, -0.05) is 24.3 Å². The summed E-state index contributed by atoms with van der Waals surface area (Å²) < 4.78 is 0. The van der Waals surface area contributed by atoms with Crippen LogP contribution in [0.5, 0.6) is 0 Å². The highest BCUT2D eigenvalue weighted by atomic mass is 35.5. The first-order chi connectivity index (χ1) is 18.4. The Morgan fingerprint density at radius 2 is 1.74 bits per heavy atom. The number of likely N-dealkylation sites (N-methyl/N-ethyl adjacent to an activating group) is 1. The monoisotopic (exact) mass is 554 g/mol. The van der Waals surface area contributed by atoms with E-state index >= 15 is 0 Å². The van der Waals surface area contributed by atoms with Crippen LogP contribution in [0.25, 0.3) is 0 Å². The van der Waals surface area contributed by atoms with Crippen molar-refractivity contribution in [2.75, 3.05) is 31.1 Å². The van der Waals surface area contributed by atoms with Crippen molar-refractivity contribution >= 4 is 29.9 Å². The van der Waals surface area contributed by atoms with Crippen LogP contribution in [0.3, 0.4) is 0 Å². The fourth-order valence-corrected chi connectivity index (χ4v) is 6.98. The second-order valence-electron chi connectivity index (χ2n) is 11.3. The predicted molar refractivity (Wildman–Crippen MR) is 152 cm³/mol. The van der Waals surface area contributed by atoms with E-state index in [1.165, 1.54) is 11.1 Å².